The average molecular weight is 301 g/mol. The van der Waals surface area contributed by atoms with E-state index in [0.29, 0.717) is 0 Å². The zero-order chi connectivity index (χ0) is 14.9. The molecule has 0 aliphatic rings. The van der Waals surface area contributed by atoms with Gasteiger partial charge in [-0.15, -0.1) is 0 Å². The van der Waals surface area contributed by atoms with E-state index < -0.39 is 0 Å². The maximum atomic E-state index is 3.89. The molecule has 22 heavy (non-hydrogen) atoms. The van der Waals surface area contributed by atoms with Crippen molar-refractivity contribution in [2.45, 2.75) is 5.25 Å². The van der Waals surface area contributed by atoms with Crippen molar-refractivity contribution in [2.75, 3.05) is 0 Å². The monoisotopic (exact) mass is 301 g/mol. The van der Waals surface area contributed by atoms with Crippen LogP contribution in [0.25, 0.3) is 21.5 Å². The van der Waals surface area contributed by atoms with Gasteiger partial charge in [-0.25, -0.2) is 0 Å². The average Bonchev–Trinajstić information content (AvgIpc) is 2.59. The minimum atomic E-state index is 0.220. The fourth-order valence-corrected chi connectivity index (χ4v) is 3.35. The van der Waals surface area contributed by atoms with E-state index in [1.165, 1.54) is 32.7 Å². The van der Waals surface area contributed by atoms with E-state index in [2.05, 4.69) is 97.6 Å². The third-order valence-corrected chi connectivity index (χ3v) is 4.86. The fourth-order valence-electron chi connectivity index (χ4n) is 2.98. The smallest absolute Gasteiger partial charge is 0.0622 e. The summed E-state index contributed by atoms with van der Waals surface area (Å²) in [5.41, 5.74) is 2.56. The second-order valence-electron chi connectivity index (χ2n) is 5.65. The number of hydrogen-bond acceptors (Lipinski definition) is 0. The Bertz CT molecular complexity index is 941. The van der Waals surface area contributed by atoms with E-state index in [4.69, 9.17) is 0 Å². The highest BCUT2D eigenvalue weighted by Gasteiger charge is 2.14. The summed E-state index contributed by atoms with van der Waals surface area (Å²) in [6, 6.07) is 30.3. The SMILES string of the molecule is [SH2+]C(c1ccccc1)c1ccc2cc3ccccc3cc2c1. The number of fused-ring (bicyclic) bond motifs is 2. The van der Waals surface area contributed by atoms with Gasteiger partial charge in [-0.3, -0.25) is 0 Å². The molecule has 4 aromatic rings. The van der Waals surface area contributed by atoms with E-state index in [1.807, 2.05) is 0 Å². The van der Waals surface area contributed by atoms with Crippen molar-refractivity contribution >= 4 is 34.2 Å². The highest BCUT2D eigenvalue weighted by molar-refractivity contribution is 7.59. The Balaban J connectivity index is 1.84. The fraction of sp³-hybridized carbons (Fsp3) is 0.0476. The van der Waals surface area contributed by atoms with Gasteiger partial charge in [0.25, 0.3) is 0 Å². The van der Waals surface area contributed by atoms with Crippen LogP contribution in [0.15, 0.2) is 84.9 Å². The maximum Gasteiger partial charge on any atom is 0.163 e. The molecule has 0 aromatic heterocycles. The van der Waals surface area contributed by atoms with Crippen LogP contribution in [-0.2, 0) is 12.6 Å². The Hall–Kier alpha value is -2.25. The summed E-state index contributed by atoms with van der Waals surface area (Å²) >= 11 is 3.89. The van der Waals surface area contributed by atoms with Crippen molar-refractivity contribution < 1.29 is 0 Å². The molecule has 106 valence electrons. The minimum absolute atomic E-state index is 0.220. The summed E-state index contributed by atoms with van der Waals surface area (Å²) < 4.78 is 0. The van der Waals surface area contributed by atoms with Crippen molar-refractivity contribution in [3.63, 3.8) is 0 Å². The van der Waals surface area contributed by atoms with Gasteiger partial charge in [0.2, 0.25) is 0 Å². The summed E-state index contributed by atoms with van der Waals surface area (Å²) in [4.78, 5) is 0. The second kappa shape index (κ2) is 5.51. The van der Waals surface area contributed by atoms with Gasteiger partial charge in [0, 0.05) is 11.1 Å². The lowest BCUT2D eigenvalue weighted by molar-refractivity contribution is 1.17. The lowest BCUT2D eigenvalue weighted by Crippen LogP contribution is -1.96. The standard InChI is InChI=1S/C21H16S/c22-21(15-6-2-1-3-7-15)19-11-10-18-12-16-8-4-5-9-17(16)13-20(18)14-19/h1-14,21-22H/p+1. The predicted octanol–water partition coefficient (Wildman–Crippen LogP) is 5.09. The first-order valence-electron chi connectivity index (χ1n) is 7.50. The Labute approximate surface area is 135 Å². The predicted molar refractivity (Wildman–Crippen MR) is 99.9 cm³/mol. The molecule has 0 bridgehead atoms. The molecule has 1 unspecified atom stereocenters. The summed E-state index contributed by atoms with van der Waals surface area (Å²) in [6.07, 6.45) is 0. The molecule has 0 heterocycles. The summed E-state index contributed by atoms with van der Waals surface area (Å²) in [7, 11) is 0. The molecule has 4 aromatic carbocycles. The minimum Gasteiger partial charge on any atom is -0.0622 e. The van der Waals surface area contributed by atoms with Crippen molar-refractivity contribution in [1.29, 1.82) is 0 Å². The first-order valence-corrected chi connectivity index (χ1v) is 8.07. The van der Waals surface area contributed by atoms with E-state index in [1.54, 1.807) is 0 Å². The van der Waals surface area contributed by atoms with Gasteiger partial charge in [-0.2, -0.15) is 0 Å². The Morgan fingerprint density at radius 3 is 1.82 bits per heavy atom. The number of hydrogen-bond donors (Lipinski definition) is 0. The zero-order valence-electron chi connectivity index (χ0n) is 12.2. The van der Waals surface area contributed by atoms with Crippen LogP contribution in [0.4, 0.5) is 0 Å². The molecule has 0 saturated heterocycles. The number of rotatable bonds is 2. The molecule has 0 nitrogen and oxygen atoms in total. The highest BCUT2D eigenvalue weighted by atomic mass is 32.1. The maximum absolute atomic E-state index is 3.89. The Morgan fingerprint density at radius 2 is 1.09 bits per heavy atom. The van der Waals surface area contributed by atoms with Gasteiger partial charge in [-0.1, -0.05) is 66.7 Å². The van der Waals surface area contributed by atoms with Gasteiger partial charge < -0.3 is 0 Å². The van der Waals surface area contributed by atoms with Crippen LogP contribution < -0.4 is 0 Å². The lowest BCUT2D eigenvalue weighted by atomic mass is 9.98. The van der Waals surface area contributed by atoms with Crippen molar-refractivity contribution in [1.82, 2.24) is 0 Å². The quantitative estimate of drug-likeness (QED) is 0.357. The third-order valence-electron chi connectivity index (χ3n) is 4.20. The molecule has 0 fully saturated rings. The van der Waals surface area contributed by atoms with Crippen LogP contribution in [0.5, 0.6) is 0 Å². The molecule has 1 atom stereocenters. The van der Waals surface area contributed by atoms with Gasteiger partial charge in [-0.05, 0) is 52.4 Å². The van der Waals surface area contributed by atoms with Crippen LogP contribution in [0.3, 0.4) is 0 Å². The molecule has 1 heteroatoms. The molecule has 0 radical (unpaired) electrons. The summed E-state index contributed by atoms with van der Waals surface area (Å²) in [5.74, 6) is 0. The van der Waals surface area contributed by atoms with Crippen LogP contribution in [0.2, 0.25) is 0 Å². The largest absolute Gasteiger partial charge is 0.163 e. The number of benzene rings is 4. The molecule has 0 saturated carbocycles. The van der Waals surface area contributed by atoms with Crippen molar-refractivity contribution in [3.8, 4) is 0 Å². The van der Waals surface area contributed by atoms with Crippen LogP contribution >= 0.6 is 0 Å². The normalized spacial score (nSPS) is 12.6. The zero-order valence-corrected chi connectivity index (χ0v) is 13.2. The van der Waals surface area contributed by atoms with E-state index in [0.717, 1.165) is 0 Å². The third kappa shape index (κ3) is 2.38. The molecule has 0 aliphatic heterocycles. The van der Waals surface area contributed by atoms with Crippen LogP contribution in [0, 0.1) is 0 Å². The molecule has 4 rings (SSSR count). The Morgan fingerprint density at radius 1 is 0.500 bits per heavy atom. The summed E-state index contributed by atoms with van der Waals surface area (Å²) in [6.45, 7) is 0. The van der Waals surface area contributed by atoms with Crippen molar-refractivity contribution in [3.05, 3.63) is 96.1 Å². The van der Waals surface area contributed by atoms with E-state index in [9.17, 15) is 0 Å². The first-order chi connectivity index (χ1) is 10.8. The van der Waals surface area contributed by atoms with Gasteiger partial charge >= 0.3 is 0 Å². The highest BCUT2D eigenvalue weighted by Crippen LogP contribution is 2.28. The van der Waals surface area contributed by atoms with Gasteiger partial charge in [0.15, 0.2) is 5.25 Å². The van der Waals surface area contributed by atoms with Crippen LogP contribution in [0.1, 0.15) is 16.4 Å². The topological polar surface area (TPSA) is 0 Å². The molecule has 0 aliphatic carbocycles. The molecular weight excluding hydrogens is 284 g/mol. The lowest BCUT2D eigenvalue weighted by Gasteiger charge is -2.09. The first kappa shape index (κ1) is 13.4. The van der Waals surface area contributed by atoms with Crippen molar-refractivity contribution in [2.24, 2.45) is 0 Å². The van der Waals surface area contributed by atoms with Gasteiger partial charge in [0.05, 0.1) is 0 Å². The molecule has 0 N–H and O–H groups in total. The van der Waals surface area contributed by atoms with Gasteiger partial charge in [0.1, 0.15) is 0 Å². The van der Waals surface area contributed by atoms with E-state index in [-0.39, 0.29) is 5.25 Å². The van der Waals surface area contributed by atoms with E-state index >= 15 is 0 Å². The van der Waals surface area contributed by atoms with Crippen LogP contribution in [-0.4, -0.2) is 0 Å². The molecule has 0 amide bonds. The molecular formula is C21H17S+. The molecule has 0 spiro atoms. The summed E-state index contributed by atoms with van der Waals surface area (Å²) in [5, 5.41) is 5.37. The Kier molecular flexibility index (Phi) is 3.36. The second-order valence-corrected chi connectivity index (χ2v) is 6.23.